The van der Waals surface area contributed by atoms with Gasteiger partial charge in [0.15, 0.2) is 5.58 Å². The molecule has 0 radical (unpaired) electrons. The summed E-state index contributed by atoms with van der Waals surface area (Å²) in [6.45, 7) is 0.179. The number of esters is 1. The van der Waals surface area contributed by atoms with Gasteiger partial charge in [0.05, 0.1) is 23.6 Å². The number of carbonyl (C=O) groups is 1. The fraction of sp³-hybridized carbons (Fsp3) is 0.0870. The maximum Gasteiger partial charge on any atom is 0.419 e. The Balaban J connectivity index is 1.40. The van der Waals surface area contributed by atoms with Crippen LogP contribution < -0.4 is 10.5 Å². The summed E-state index contributed by atoms with van der Waals surface area (Å²) >= 11 is 0. The third kappa shape index (κ3) is 3.94. The van der Waals surface area contributed by atoms with Crippen LogP contribution in [0, 0.1) is 11.3 Å². The first kappa shape index (κ1) is 18.3. The van der Waals surface area contributed by atoms with Gasteiger partial charge in [0.2, 0.25) is 0 Å². The quantitative estimate of drug-likeness (QED) is 0.381. The Hall–Kier alpha value is -4.11. The van der Waals surface area contributed by atoms with E-state index in [0.717, 1.165) is 11.1 Å². The zero-order chi connectivity index (χ0) is 20.2. The highest BCUT2D eigenvalue weighted by molar-refractivity contribution is 5.75. The molecule has 4 aromatic rings. The van der Waals surface area contributed by atoms with E-state index in [4.69, 9.17) is 14.4 Å². The summed E-state index contributed by atoms with van der Waals surface area (Å²) in [5.41, 5.74) is 3.66. The molecule has 0 bridgehead atoms. The molecule has 0 saturated heterocycles. The maximum atomic E-state index is 12.2. The van der Waals surface area contributed by atoms with Crippen molar-refractivity contribution in [2.45, 2.75) is 13.0 Å². The number of nitriles is 1. The lowest BCUT2D eigenvalue weighted by Crippen LogP contribution is -2.18. The molecule has 3 aromatic carbocycles. The van der Waals surface area contributed by atoms with Gasteiger partial charge in [-0.05, 0) is 47.5 Å². The minimum atomic E-state index is -0.495. The number of aryl methyl sites for hydroxylation is 1. The first-order chi connectivity index (χ1) is 14.1. The topological polar surface area (TPSA) is 85.2 Å². The van der Waals surface area contributed by atoms with Crippen molar-refractivity contribution in [3.63, 3.8) is 0 Å². The fourth-order valence-corrected chi connectivity index (χ4v) is 3.06. The molecule has 6 heteroatoms. The molecule has 142 valence electrons. The molecule has 0 aliphatic carbocycles. The SMILES string of the molecule is N#Cc1ccc(-c2ccc(OC(=O)CCn3c(=O)oc4ccccc43)cc2)cc1. The zero-order valence-electron chi connectivity index (χ0n) is 15.4. The van der Waals surface area contributed by atoms with Crippen LogP contribution in [0.5, 0.6) is 5.75 Å². The number of aromatic nitrogens is 1. The summed E-state index contributed by atoms with van der Waals surface area (Å²) < 4.78 is 11.9. The second kappa shape index (κ2) is 7.87. The van der Waals surface area contributed by atoms with Gasteiger partial charge in [0.1, 0.15) is 5.75 Å². The van der Waals surface area contributed by atoms with Crippen LogP contribution in [0.1, 0.15) is 12.0 Å². The van der Waals surface area contributed by atoms with Crippen LogP contribution in [0.3, 0.4) is 0 Å². The fourth-order valence-electron chi connectivity index (χ4n) is 3.06. The molecule has 0 saturated carbocycles. The zero-order valence-corrected chi connectivity index (χ0v) is 15.4. The van der Waals surface area contributed by atoms with Gasteiger partial charge in [0.25, 0.3) is 0 Å². The molecular weight excluding hydrogens is 368 g/mol. The van der Waals surface area contributed by atoms with Crippen molar-refractivity contribution in [2.24, 2.45) is 0 Å². The average molecular weight is 384 g/mol. The van der Waals surface area contributed by atoms with Crippen molar-refractivity contribution in [1.29, 1.82) is 5.26 Å². The van der Waals surface area contributed by atoms with E-state index in [2.05, 4.69) is 6.07 Å². The van der Waals surface area contributed by atoms with Crippen LogP contribution in [0.4, 0.5) is 0 Å². The van der Waals surface area contributed by atoms with E-state index < -0.39 is 11.7 Å². The van der Waals surface area contributed by atoms with Crippen LogP contribution in [0.2, 0.25) is 0 Å². The van der Waals surface area contributed by atoms with Crippen LogP contribution in [-0.4, -0.2) is 10.5 Å². The molecule has 6 nitrogen and oxygen atoms in total. The van der Waals surface area contributed by atoms with E-state index in [1.807, 2.05) is 30.3 Å². The van der Waals surface area contributed by atoms with Crippen LogP contribution in [-0.2, 0) is 11.3 Å². The highest BCUT2D eigenvalue weighted by atomic mass is 16.5. The summed E-state index contributed by atoms with van der Waals surface area (Å²) in [5.74, 6) is -0.504. The van der Waals surface area contributed by atoms with Crippen molar-refractivity contribution < 1.29 is 13.9 Å². The highest BCUT2D eigenvalue weighted by Crippen LogP contribution is 2.23. The monoisotopic (exact) mass is 384 g/mol. The van der Waals surface area contributed by atoms with E-state index >= 15 is 0 Å². The lowest BCUT2D eigenvalue weighted by molar-refractivity contribution is -0.134. The summed E-state index contributed by atoms with van der Waals surface area (Å²) in [7, 11) is 0. The second-order valence-corrected chi connectivity index (χ2v) is 6.42. The van der Waals surface area contributed by atoms with E-state index in [0.29, 0.717) is 22.4 Å². The van der Waals surface area contributed by atoms with Gasteiger partial charge in [-0.1, -0.05) is 36.4 Å². The summed E-state index contributed by atoms with van der Waals surface area (Å²) in [4.78, 5) is 24.1. The van der Waals surface area contributed by atoms with E-state index in [9.17, 15) is 9.59 Å². The average Bonchev–Trinajstić information content (AvgIpc) is 3.08. The van der Waals surface area contributed by atoms with E-state index in [1.165, 1.54) is 4.57 Å². The molecule has 0 fully saturated rings. The Bertz CT molecular complexity index is 1260. The molecule has 0 atom stereocenters. The van der Waals surface area contributed by atoms with Crippen LogP contribution in [0.25, 0.3) is 22.2 Å². The number of carbonyl (C=O) groups excluding carboxylic acids is 1. The Kier molecular flexibility index (Phi) is 4.95. The van der Waals surface area contributed by atoms with E-state index in [-0.39, 0.29) is 13.0 Å². The number of nitrogens with zero attached hydrogens (tertiary/aromatic N) is 2. The van der Waals surface area contributed by atoms with Gasteiger partial charge >= 0.3 is 11.7 Å². The number of hydrogen-bond donors (Lipinski definition) is 0. The van der Waals surface area contributed by atoms with Crippen molar-refractivity contribution in [1.82, 2.24) is 4.57 Å². The van der Waals surface area contributed by atoms with Crippen LogP contribution >= 0.6 is 0 Å². The first-order valence-electron chi connectivity index (χ1n) is 9.04. The van der Waals surface area contributed by atoms with Crippen molar-refractivity contribution in [3.8, 4) is 22.9 Å². The van der Waals surface area contributed by atoms with Gasteiger partial charge in [-0.3, -0.25) is 9.36 Å². The van der Waals surface area contributed by atoms with Crippen molar-refractivity contribution in [3.05, 3.63) is 88.9 Å². The Morgan fingerprint density at radius 1 is 0.966 bits per heavy atom. The summed E-state index contributed by atoms with van der Waals surface area (Å²) in [6, 6.07) is 23.5. The van der Waals surface area contributed by atoms with E-state index in [1.54, 1.807) is 42.5 Å². The molecule has 1 heterocycles. The molecular formula is C23H16N2O4. The van der Waals surface area contributed by atoms with Crippen molar-refractivity contribution >= 4 is 17.1 Å². The lowest BCUT2D eigenvalue weighted by atomic mass is 10.0. The van der Waals surface area contributed by atoms with Crippen LogP contribution in [0.15, 0.2) is 82.0 Å². The maximum absolute atomic E-state index is 12.2. The number of rotatable bonds is 5. The molecule has 0 spiro atoms. The predicted molar refractivity (Wildman–Crippen MR) is 107 cm³/mol. The van der Waals surface area contributed by atoms with Gasteiger partial charge < -0.3 is 9.15 Å². The predicted octanol–water partition coefficient (Wildman–Crippen LogP) is 4.13. The van der Waals surface area contributed by atoms with Gasteiger partial charge in [-0.2, -0.15) is 5.26 Å². The standard InChI is InChI=1S/C23H16N2O4/c24-15-16-5-7-17(8-6-16)18-9-11-19(12-10-18)28-22(26)13-14-25-20-3-1-2-4-21(20)29-23(25)27/h1-12H,13-14H2. The Labute approximate surface area is 166 Å². The minimum absolute atomic E-state index is 0.0425. The third-order valence-corrected chi connectivity index (χ3v) is 4.55. The molecule has 0 aliphatic rings. The number of hydrogen-bond acceptors (Lipinski definition) is 5. The molecule has 4 rings (SSSR count). The largest absolute Gasteiger partial charge is 0.426 e. The van der Waals surface area contributed by atoms with Gasteiger partial charge in [-0.15, -0.1) is 0 Å². The highest BCUT2D eigenvalue weighted by Gasteiger charge is 2.12. The van der Waals surface area contributed by atoms with Crippen molar-refractivity contribution in [2.75, 3.05) is 0 Å². The normalized spacial score (nSPS) is 10.6. The lowest BCUT2D eigenvalue weighted by Gasteiger charge is -2.07. The number of para-hydroxylation sites is 2. The summed E-state index contributed by atoms with van der Waals surface area (Å²) in [5, 5.41) is 8.87. The third-order valence-electron chi connectivity index (χ3n) is 4.55. The molecule has 29 heavy (non-hydrogen) atoms. The molecule has 0 N–H and O–H groups in total. The number of benzene rings is 3. The molecule has 1 aromatic heterocycles. The van der Waals surface area contributed by atoms with Gasteiger partial charge in [-0.25, -0.2) is 4.79 Å². The number of oxazole rings is 1. The molecule has 0 amide bonds. The number of fused-ring (bicyclic) bond motifs is 1. The number of ether oxygens (including phenoxy) is 1. The molecule has 0 unspecified atom stereocenters. The smallest absolute Gasteiger partial charge is 0.419 e. The molecule has 0 aliphatic heterocycles. The minimum Gasteiger partial charge on any atom is -0.426 e. The Morgan fingerprint density at radius 2 is 1.62 bits per heavy atom. The first-order valence-corrected chi connectivity index (χ1v) is 9.04. The van der Waals surface area contributed by atoms with Gasteiger partial charge in [0, 0.05) is 6.54 Å². The second-order valence-electron chi connectivity index (χ2n) is 6.42. The summed E-state index contributed by atoms with van der Waals surface area (Å²) in [6.07, 6.45) is 0.0425. The Morgan fingerprint density at radius 3 is 2.31 bits per heavy atom.